The molecule has 0 atom stereocenters. The van der Waals surface area contributed by atoms with Crippen LogP contribution in [-0.4, -0.2) is 42.1 Å². The number of anilines is 2. The highest BCUT2D eigenvalue weighted by Gasteiger charge is 2.31. The lowest BCUT2D eigenvalue weighted by Crippen LogP contribution is -2.21. The maximum Gasteiger partial charge on any atom is 0.422 e. The Labute approximate surface area is 177 Å². The fourth-order valence-electron chi connectivity index (χ4n) is 3.81. The van der Waals surface area contributed by atoms with Gasteiger partial charge in [-0.25, -0.2) is 9.78 Å². The van der Waals surface area contributed by atoms with Crippen molar-refractivity contribution in [1.29, 1.82) is 0 Å². The molecule has 1 aromatic heterocycles. The minimum absolute atomic E-state index is 0.0112. The molecule has 0 bridgehead atoms. The van der Waals surface area contributed by atoms with Crippen molar-refractivity contribution in [2.45, 2.75) is 43.7 Å². The number of pyridine rings is 1. The van der Waals surface area contributed by atoms with E-state index in [1.807, 2.05) is 0 Å². The molecule has 4 rings (SSSR count). The van der Waals surface area contributed by atoms with Crippen molar-refractivity contribution >= 4 is 17.5 Å². The highest BCUT2D eigenvalue weighted by Crippen LogP contribution is 2.42. The molecule has 2 aliphatic rings. The largest absolute Gasteiger partial charge is 0.482 e. The van der Waals surface area contributed by atoms with Gasteiger partial charge in [0.25, 0.3) is 0 Å². The summed E-state index contributed by atoms with van der Waals surface area (Å²) in [6, 6.07) is 6.60. The molecule has 6 nitrogen and oxygen atoms in total. The number of benzene rings is 1. The first-order valence-electron chi connectivity index (χ1n) is 10.2. The fraction of sp³-hybridized carbons (Fsp3) is 0.455. The normalized spacial score (nSPS) is 17.4. The molecule has 2 fully saturated rings. The molecule has 0 radical (unpaired) electrons. The van der Waals surface area contributed by atoms with Crippen molar-refractivity contribution in [2.24, 2.45) is 0 Å². The average molecular weight is 436 g/mol. The topological polar surface area (TPSA) is 80.7 Å². The number of hydrogen-bond acceptors (Lipinski definition) is 5. The van der Waals surface area contributed by atoms with Crippen molar-refractivity contribution < 1.29 is 32.5 Å². The minimum Gasteiger partial charge on any atom is -0.482 e. The molecular weight excluding hydrogens is 413 g/mol. The van der Waals surface area contributed by atoms with Crippen LogP contribution in [0.5, 0.6) is 5.75 Å². The summed E-state index contributed by atoms with van der Waals surface area (Å²) in [5, 5.41) is 12.5. The number of ether oxygens (including phenoxy) is 2. The van der Waals surface area contributed by atoms with E-state index in [-0.39, 0.29) is 28.7 Å². The summed E-state index contributed by atoms with van der Waals surface area (Å²) in [4.78, 5) is 16.0. The molecule has 1 aliphatic heterocycles. The quantitative estimate of drug-likeness (QED) is 0.618. The molecule has 0 unspecified atom stereocenters. The first-order valence-corrected chi connectivity index (χ1v) is 10.2. The molecule has 9 heteroatoms. The van der Waals surface area contributed by atoms with E-state index in [1.165, 1.54) is 0 Å². The van der Waals surface area contributed by atoms with Crippen LogP contribution >= 0.6 is 0 Å². The van der Waals surface area contributed by atoms with Gasteiger partial charge in [0.05, 0.1) is 5.69 Å². The van der Waals surface area contributed by atoms with Crippen molar-refractivity contribution in [3.8, 4) is 5.75 Å². The second-order valence-electron chi connectivity index (χ2n) is 7.88. The van der Waals surface area contributed by atoms with Crippen molar-refractivity contribution in [1.82, 2.24) is 4.98 Å². The molecule has 2 N–H and O–H groups in total. The van der Waals surface area contributed by atoms with Crippen molar-refractivity contribution in [3.63, 3.8) is 0 Å². The van der Waals surface area contributed by atoms with Gasteiger partial charge in [0, 0.05) is 19.4 Å². The van der Waals surface area contributed by atoms with Gasteiger partial charge in [-0.15, -0.1) is 0 Å². The molecule has 1 saturated heterocycles. The molecule has 2 heterocycles. The third-order valence-corrected chi connectivity index (χ3v) is 5.53. The van der Waals surface area contributed by atoms with E-state index in [1.54, 1.807) is 30.5 Å². The molecule has 0 amide bonds. The average Bonchev–Trinajstić information content (AvgIpc) is 3.58. The van der Waals surface area contributed by atoms with Gasteiger partial charge >= 0.3 is 12.1 Å². The highest BCUT2D eigenvalue weighted by atomic mass is 19.4. The second-order valence-corrected chi connectivity index (χ2v) is 7.88. The smallest absolute Gasteiger partial charge is 0.422 e. The summed E-state index contributed by atoms with van der Waals surface area (Å²) < 4.78 is 49.3. The Morgan fingerprint density at radius 2 is 1.94 bits per heavy atom. The third-order valence-electron chi connectivity index (χ3n) is 5.53. The van der Waals surface area contributed by atoms with Crippen molar-refractivity contribution in [2.75, 3.05) is 25.1 Å². The predicted octanol–water partition coefficient (Wildman–Crippen LogP) is 5.24. The van der Waals surface area contributed by atoms with Gasteiger partial charge in [-0.1, -0.05) is 12.1 Å². The Hall–Kier alpha value is -2.81. The van der Waals surface area contributed by atoms with Crippen LogP contribution in [0.25, 0.3) is 0 Å². The number of nitrogens with zero attached hydrogens (tertiary/aromatic N) is 1. The number of aromatic nitrogens is 1. The summed E-state index contributed by atoms with van der Waals surface area (Å²) >= 11 is 0. The molecule has 2 aromatic rings. The van der Waals surface area contributed by atoms with E-state index in [9.17, 15) is 23.1 Å². The van der Waals surface area contributed by atoms with E-state index >= 15 is 0 Å². The number of para-hydroxylation sites is 1. The molecular formula is C22H23F3N2O4. The lowest BCUT2D eigenvalue weighted by molar-refractivity contribution is -0.153. The van der Waals surface area contributed by atoms with Gasteiger partial charge in [-0.3, -0.25) is 0 Å². The summed E-state index contributed by atoms with van der Waals surface area (Å²) in [5.74, 6) is -0.713. The second kappa shape index (κ2) is 8.74. The highest BCUT2D eigenvalue weighted by molar-refractivity contribution is 5.94. The molecule has 166 valence electrons. The van der Waals surface area contributed by atoms with Crippen LogP contribution in [-0.2, 0) is 4.74 Å². The Bertz CT molecular complexity index is 954. The predicted molar refractivity (Wildman–Crippen MR) is 107 cm³/mol. The molecule has 0 spiro atoms. The third kappa shape index (κ3) is 5.28. The Morgan fingerprint density at radius 3 is 2.58 bits per heavy atom. The summed E-state index contributed by atoms with van der Waals surface area (Å²) in [6.07, 6.45) is 0.439. The number of hydrogen-bond donors (Lipinski definition) is 2. The Morgan fingerprint density at radius 1 is 1.19 bits per heavy atom. The summed E-state index contributed by atoms with van der Waals surface area (Å²) in [6.45, 7) is -0.398. The number of halogens is 3. The zero-order chi connectivity index (χ0) is 22.0. The SMILES string of the molecule is O=C(O)c1cc(C2CC2)cnc1Nc1cccc(C2CCOCC2)c1OCC(F)(F)F. The Kier molecular flexibility index (Phi) is 6.04. The fourth-order valence-corrected chi connectivity index (χ4v) is 3.81. The van der Waals surface area contributed by atoms with Crippen molar-refractivity contribution in [3.05, 3.63) is 47.2 Å². The van der Waals surface area contributed by atoms with Crippen LogP contribution in [0, 0.1) is 0 Å². The number of carboxylic acid groups (broad SMARTS) is 1. The van der Waals surface area contributed by atoms with Gasteiger partial charge in [0.15, 0.2) is 6.61 Å². The number of carbonyl (C=O) groups is 1. The van der Waals surface area contributed by atoms with Gasteiger partial charge in [0.1, 0.15) is 17.1 Å². The molecule has 1 aliphatic carbocycles. The summed E-state index contributed by atoms with van der Waals surface area (Å²) in [7, 11) is 0. The van der Waals surface area contributed by atoms with Crippen LogP contribution in [0.1, 0.15) is 59.0 Å². The van der Waals surface area contributed by atoms with Crippen LogP contribution in [0.3, 0.4) is 0 Å². The maximum atomic E-state index is 12.9. The van der Waals surface area contributed by atoms with Gasteiger partial charge < -0.3 is 19.9 Å². The van der Waals surface area contributed by atoms with E-state index < -0.39 is 18.8 Å². The number of rotatable bonds is 7. The van der Waals surface area contributed by atoms with Crippen LogP contribution in [0.15, 0.2) is 30.5 Å². The molecule has 1 saturated carbocycles. The number of carboxylic acids is 1. The lowest BCUT2D eigenvalue weighted by atomic mass is 9.90. The van der Waals surface area contributed by atoms with E-state index in [2.05, 4.69) is 10.3 Å². The maximum absolute atomic E-state index is 12.9. The van der Waals surface area contributed by atoms with Gasteiger partial charge in [-0.05, 0) is 60.8 Å². The van der Waals surface area contributed by atoms with Crippen LogP contribution in [0.2, 0.25) is 0 Å². The first-order chi connectivity index (χ1) is 14.8. The number of nitrogens with one attached hydrogen (secondary N) is 1. The first kappa shape index (κ1) is 21.4. The standard InChI is InChI=1S/C22H23F3N2O4/c23-22(24,25)12-31-19-16(14-6-8-30-9-7-14)2-1-3-18(19)27-20-17(21(28)29)10-15(11-26-20)13-4-5-13/h1-3,10-11,13-14H,4-9,12H2,(H,26,27)(H,28,29). The Balaban J connectivity index is 1.69. The van der Waals surface area contributed by atoms with Crippen LogP contribution < -0.4 is 10.1 Å². The molecule has 1 aromatic carbocycles. The van der Waals surface area contributed by atoms with E-state index in [4.69, 9.17) is 9.47 Å². The van der Waals surface area contributed by atoms with Gasteiger partial charge in [-0.2, -0.15) is 13.2 Å². The zero-order valence-corrected chi connectivity index (χ0v) is 16.7. The van der Waals surface area contributed by atoms with Crippen LogP contribution in [0.4, 0.5) is 24.7 Å². The minimum atomic E-state index is -4.50. The number of alkyl halides is 3. The monoisotopic (exact) mass is 436 g/mol. The van der Waals surface area contributed by atoms with E-state index in [0.717, 1.165) is 18.4 Å². The zero-order valence-electron chi connectivity index (χ0n) is 16.7. The number of aromatic carboxylic acids is 1. The van der Waals surface area contributed by atoms with Gasteiger partial charge in [0.2, 0.25) is 0 Å². The molecule has 31 heavy (non-hydrogen) atoms. The lowest BCUT2D eigenvalue weighted by Gasteiger charge is -2.26. The summed E-state index contributed by atoms with van der Waals surface area (Å²) in [5.41, 5.74) is 1.72. The van der Waals surface area contributed by atoms with E-state index in [0.29, 0.717) is 37.5 Å².